The maximum Gasteiger partial charge on any atom is 0.232 e. The lowest BCUT2D eigenvalue weighted by molar-refractivity contribution is -0.117. The number of pyridine rings is 1. The summed E-state index contributed by atoms with van der Waals surface area (Å²) in [7, 11) is -1.74. The number of amides is 1. The van der Waals surface area contributed by atoms with E-state index >= 15 is 0 Å². The van der Waals surface area contributed by atoms with E-state index in [1.54, 1.807) is 12.1 Å². The van der Waals surface area contributed by atoms with Crippen molar-refractivity contribution in [3.05, 3.63) is 42.3 Å². The van der Waals surface area contributed by atoms with Gasteiger partial charge in [0.15, 0.2) is 0 Å². The minimum Gasteiger partial charge on any atom is -0.335 e. The van der Waals surface area contributed by atoms with Gasteiger partial charge in [-0.15, -0.1) is 0 Å². The fourth-order valence-electron chi connectivity index (χ4n) is 3.11. The minimum absolute atomic E-state index is 0.0349. The van der Waals surface area contributed by atoms with Crippen LogP contribution in [0.4, 0.5) is 15.9 Å². The lowest BCUT2D eigenvalue weighted by atomic mass is 10.0. The Kier molecular flexibility index (Phi) is 4.77. The van der Waals surface area contributed by atoms with Gasteiger partial charge in [-0.3, -0.25) is 9.52 Å². The fraction of sp³-hybridized carbons (Fsp3) is 0.300. The molecular formula is C20H21FN4O3S. The molecule has 0 aliphatic heterocycles. The number of aromatic nitrogens is 2. The van der Waals surface area contributed by atoms with Gasteiger partial charge in [0.2, 0.25) is 15.9 Å². The number of fused-ring (bicyclic) bond motifs is 1. The number of halogens is 1. The molecule has 29 heavy (non-hydrogen) atoms. The molecule has 0 spiro atoms. The maximum atomic E-state index is 14.6. The number of carbonyl (C=O) groups is 1. The van der Waals surface area contributed by atoms with Crippen LogP contribution in [-0.2, 0) is 21.9 Å². The van der Waals surface area contributed by atoms with Crippen molar-refractivity contribution < 1.29 is 17.6 Å². The standard InChI is InChI=1S/C20H21FN4O3S/c1-3-29(27,28)24-17-7-6-13(10-16(17)21)15-11-18(23-20(26)12-4-5-12)22-19-14(15)8-9-25(19)2/h6-12,24H,3-5H2,1-2H3,(H,22,23,26). The molecule has 3 aromatic rings. The second kappa shape index (κ2) is 7.14. The van der Waals surface area contributed by atoms with E-state index in [0.29, 0.717) is 22.6 Å². The van der Waals surface area contributed by atoms with Crippen LogP contribution >= 0.6 is 0 Å². The Bertz CT molecular complexity index is 1220. The van der Waals surface area contributed by atoms with Gasteiger partial charge < -0.3 is 9.88 Å². The minimum atomic E-state index is -3.58. The van der Waals surface area contributed by atoms with Crippen molar-refractivity contribution in [2.45, 2.75) is 19.8 Å². The molecule has 0 atom stereocenters. The normalized spacial score (nSPS) is 14.2. The Morgan fingerprint density at radius 3 is 2.69 bits per heavy atom. The number of aryl methyl sites for hydroxylation is 1. The monoisotopic (exact) mass is 416 g/mol. The molecule has 2 N–H and O–H groups in total. The molecule has 2 heterocycles. The molecule has 0 bridgehead atoms. The van der Waals surface area contributed by atoms with E-state index in [-0.39, 0.29) is 23.3 Å². The first-order valence-corrected chi connectivity index (χ1v) is 11.0. The highest BCUT2D eigenvalue weighted by Crippen LogP contribution is 2.34. The molecule has 2 aromatic heterocycles. The van der Waals surface area contributed by atoms with Crippen LogP contribution in [0.5, 0.6) is 0 Å². The van der Waals surface area contributed by atoms with Crippen molar-refractivity contribution in [3.8, 4) is 11.1 Å². The van der Waals surface area contributed by atoms with Crippen LogP contribution in [0.3, 0.4) is 0 Å². The smallest absolute Gasteiger partial charge is 0.232 e. The Labute approximate surface area is 168 Å². The summed E-state index contributed by atoms with van der Waals surface area (Å²) in [5.74, 6) is -0.445. The summed E-state index contributed by atoms with van der Waals surface area (Å²) in [6.07, 6.45) is 3.60. The summed E-state index contributed by atoms with van der Waals surface area (Å²) in [5, 5.41) is 3.64. The summed E-state index contributed by atoms with van der Waals surface area (Å²) in [4.78, 5) is 16.7. The van der Waals surface area contributed by atoms with Gasteiger partial charge in [0.25, 0.3) is 0 Å². The molecule has 1 aromatic carbocycles. The van der Waals surface area contributed by atoms with Gasteiger partial charge in [-0.2, -0.15) is 0 Å². The second-order valence-corrected chi connectivity index (χ2v) is 9.19. The van der Waals surface area contributed by atoms with Crippen LogP contribution in [0, 0.1) is 11.7 Å². The van der Waals surface area contributed by atoms with E-state index in [9.17, 15) is 17.6 Å². The van der Waals surface area contributed by atoms with Crippen LogP contribution in [0.1, 0.15) is 19.8 Å². The Morgan fingerprint density at radius 1 is 1.28 bits per heavy atom. The summed E-state index contributed by atoms with van der Waals surface area (Å²) >= 11 is 0. The Morgan fingerprint density at radius 2 is 2.03 bits per heavy atom. The number of nitrogens with zero attached hydrogens (tertiary/aromatic N) is 2. The Balaban J connectivity index is 1.76. The van der Waals surface area contributed by atoms with E-state index in [2.05, 4.69) is 15.0 Å². The summed E-state index contributed by atoms with van der Waals surface area (Å²) in [6.45, 7) is 1.48. The van der Waals surface area contributed by atoms with Gasteiger partial charge in [0.05, 0.1) is 11.4 Å². The molecule has 9 heteroatoms. The summed E-state index contributed by atoms with van der Waals surface area (Å²) in [5.41, 5.74) is 1.81. The van der Waals surface area contributed by atoms with E-state index in [1.165, 1.54) is 19.1 Å². The third kappa shape index (κ3) is 3.95. The number of anilines is 2. The van der Waals surface area contributed by atoms with Gasteiger partial charge >= 0.3 is 0 Å². The van der Waals surface area contributed by atoms with E-state index in [0.717, 1.165) is 18.2 Å². The molecular weight excluding hydrogens is 395 g/mol. The van der Waals surface area contributed by atoms with Crippen molar-refractivity contribution in [1.29, 1.82) is 0 Å². The van der Waals surface area contributed by atoms with Crippen LogP contribution in [0.15, 0.2) is 36.5 Å². The van der Waals surface area contributed by atoms with Crippen LogP contribution in [0.25, 0.3) is 22.2 Å². The van der Waals surface area contributed by atoms with E-state index in [1.807, 2.05) is 23.9 Å². The highest BCUT2D eigenvalue weighted by atomic mass is 32.2. The van der Waals surface area contributed by atoms with Crippen molar-refractivity contribution >= 4 is 38.5 Å². The van der Waals surface area contributed by atoms with Gasteiger partial charge in [0, 0.05) is 24.5 Å². The lowest BCUT2D eigenvalue weighted by Gasteiger charge is -2.12. The van der Waals surface area contributed by atoms with E-state index in [4.69, 9.17) is 0 Å². The van der Waals surface area contributed by atoms with Crippen molar-refractivity contribution in [3.63, 3.8) is 0 Å². The number of nitrogens with one attached hydrogen (secondary N) is 2. The predicted molar refractivity (Wildman–Crippen MR) is 111 cm³/mol. The molecule has 4 rings (SSSR count). The number of benzene rings is 1. The van der Waals surface area contributed by atoms with Crippen molar-refractivity contribution in [1.82, 2.24) is 9.55 Å². The quantitative estimate of drug-likeness (QED) is 0.643. The lowest BCUT2D eigenvalue weighted by Crippen LogP contribution is -2.15. The number of hydrogen-bond acceptors (Lipinski definition) is 4. The van der Waals surface area contributed by atoms with E-state index < -0.39 is 15.8 Å². The summed E-state index contributed by atoms with van der Waals surface area (Å²) < 4.78 is 42.1. The molecule has 152 valence electrons. The van der Waals surface area contributed by atoms with Crippen LogP contribution in [0.2, 0.25) is 0 Å². The number of carbonyl (C=O) groups excluding carboxylic acids is 1. The molecule has 0 unspecified atom stereocenters. The first-order chi connectivity index (χ1) is 13.8. The average Bonchev–Trinajstić information content (AvgIpc) is 3.47. The zero-order valence-electron chi connectivity index (χ0n) is 16.1. The third-order valence-electron chi connectivity index (χ3n) is 4.96. The van der Waals surface area contributed by atoms with Crippen LogP contribution in [-0.4, -0.2) is 29.6 Å². The molecule has 1 fully saturated rings. The molecule has 1 aliphatic rings. The number of sulfonamides is 1. The zero-order valence-corrected chi connectivity index (χ0v) is 16.9. The SMILES string of the molecule is CCS(=O)(=O)Nc1ccc(-c2cc(NC(=O)C3CC3)nc3c2ccn3C)cc1F. The average molecular weight is 416 g/mol. The first kappa shape index (κ1) is 19.4. The maximum absolute atomic E-state index is 14.6. The number of hydrogen-bond donors (Lipinski definition) is 2. The Hall–Kier alpha value is -2.94. The van der Waals surface area contributed by atoms with Crippen molar-refractivity contribution in [2.24, 2.45) is 13.0 Å². The highest BCUT2D eigenvalue weighted by molar-refractivity contribution is 7.92. The summed E-state index contributed by atoms with van der Waals surface area (Å²) in [6, 6.07) is 7.91. The van der Waals surface area contributed by atoms with Gasteiger partial charge in [-0.1, -0.05) is 6.07 Å². The van der Waals surface area contributed by atoms with Gasteiger partial charge in [0.1, 0.15) is 17.3 Å². The second-order valence-electron chi connectivity index (χ2n) is 7.18. The highest BCUT2D eigenvalue weighted by Gasteiger charge is 2.30. The fourth-order valence-corrected chi connectivity index (χ4v) is 3.76. The van der Waals surface area contributed by atoms with Crippen molar-refractivity contribution in [2.75, 3.05) is 15.8 Å². The molecule has 1 amide bonds. The molecule has 0 saturated heterocycles. The third-order valence-corrected chi connectivity index (χ3v) is 6.25. The van der Waals surface area contributed by atoms with Gasteiger partial charge in [-0.05, 0) is 55.2 Å². The predicted octanol–water partition coefficient (Wildman–Crippen LogP) is 3.49. The molecule has 7 nitrogen and oxygen atoms in total. The number of rotatable bonds is 6. The molecule has 0 radical (unpaired) electrons. The largest absolute Gasteiger partial charge is 0.335 e. The van der Waals surface area contributed by atoms with Gasteiger partial charge in [-0.25, -0.2) is 17.8 Å². The molecule has 1 saturated carbocycles. The first-order valence-electron chi connectivity index (χ1n) is 9.35. The van der Waals surface area contributed by atoms with Crippen LogP contribution < -0.4 is 10.0 Å². The molecule has 1 aliphatic carbocycles. The zero-order chi connectivity index (χ0) is 20.8. The topological polar surface area (TPSA) is 93.1 Å².